The van der Waals surface area contributed by atoms with Crippen LogP contribution in [-0.2, 0) is 15.6 Å². The van der Waals surface area contributed by atoms with Crippen LogP contribution < -0.4 is 5.32 Å². The summed E-state index contributed by atoms with van der Waals surface area (Å²) in [5.41, 5.74) is 0. The molecule has 1 heterocycles. The van der Waals surface area contributed by atoms with Crippen molar-refractivity contribution in [1.82, 2.24) is 10.2 Å². The van der Waals surface area contributed by atoms with Crippen LogP contribution in [0.4, 0.5) is 0 Å². The van der Waals surface area contributed by atoms with E-state index in [-0.39, 0.29) is 16.4 Å². The van der Waals surface area contributed by atoms with E-state index in [1.165, 1.54) is 0 Å². The number of amides is 1. The topological polar surface area (TPSA) is 49.4 Å². The summed E-state index contributed by atoms with van der Waals surface area (Å²) in [6, 6.07) is 0. The highest BCUT2D eigenvalue weighted by Crippen LogP contribution is 2.12. The predicted octanol–water partition coefficient (Wildman–Crippen LogP) is -0.0346. The second-order valence-electron chi connectivity index (χ2n) is 4.73. The number of piperazine rings is 1. The summed E-state index contributed by atoms with van der Waals surface area (Å²) in [4.78, 5) is 13.6. The molecule has 0 spiro atoms. The molecule has 88 valence electrons. The summed E-state index contributed by atoms with van der Waals surface area (Å²) in [6.45, 7) is 8.85. The van der Waals surface area contributed by atoms with E-state index in [2.05, 4.69) is 5.32 Å². The maximum atomic E-state index is 11.8. The number of nitrogens with zero attached hydrogens (tertiary/aromatic N) is 1. The van der Waals surface area contributed by atoms with Gasteiger partial charge in [-0.15, -0.1) is 0 Å². The quantitative estimate of drug-likeness (QED) is 0.727. The molecule has 5 heteroatoms. The van der Waals surface area contributed by atoms with Crippen LogP contribution in [0.2, 0.25) is 0 Å². The first-order valence-electron chi connectivity index (χ1n) is 5.28. The Morgan fingerprint density at radius 1 is 1.33 bits per heavy atom. The van der Waals surface area contributed by atoms with Crippen LogP contribution in [0.1, 0.15) is 20.8 Å². The van der Waals surface area contributed by atoms with Crippen molar-refractivity contribution in [2.24, 2.45) is 0 Å². The third-order valence-corrected chi connectivity index (χ3v) is 4.28. The van der Waals surface area contributed by atoms with E-state index in [1.54, 1.807) is 4.90 Å². The summed E-state index contributed by atoms with van der Waals surface area (Å²) < 4.78 is 11.5. The van der Waals surface area contributed by atoms with Gasteiger partial charge in [-0.1, -0.05) is 0 Å². The van der Waals surface area contributed by atoms with Crippen molar-refractivity contribution in [2.75, 3.05) is 31.9 Å². The average Bonchev–Trinajstić information content (AvgIpc) is 2.17. The Labute approximate surface area is 93.9 Å². The normalized spacial score (nSPS) is 20.1. The zero-order valence-corrected chi connectivity index (χ0v) is 10.5. The third kappa shape index (κ3) is 3.91. The molecule has 0 aromatic rings. The lowest BCUT2D eigenvalue weighted by molar-refractivity contribution is -0.128. The van der Waals surface area contributed by atoms with E-state index in [0.29, 0.717) is 0 Å². The Morgan fingerprint density at radius 2 is 1.87 bits per heavy atom. The Morgan fingerprint density at radius 3 is 2.33 bits per heavy atom. The lowest BCUT2D eigenvalue weighted by Crippen LogP contribution is -2.48. The van der Waals surface area contributed by atoms with Gasteiger partial charge in [0, 0.05) is 41.7 Å². The number of hydrogen-bond donors (Lipinski definition) is 1. The summed E-state index contributed by atoms with van der Waals surface area (Å²) in [6.07, 6.45) is 0. The number of hydrogen-bond acceptors (Lipinski definition) is 3. The average molecular weight is 232 g/mol. The van der Waals surface area contributed by atoms with Gasteiger partial charge in [-0.25, -0.2) is 0 Å². The molecular formula is C10H20N2O2S. The van der Waals surface area contributed by atoms with Crippen LogP contribution in [0.5, 0.6) is 0 Å². The van der Waals surface area contributed by atoms with Crippen LogP contribution in [0.15, 0.2) is 0 Å². The molecule has 0 aliphatic carbocycles. The molecule has 1 amide bonds. The van der Waals surface area contributed by atoms with Gasteiger partial charge >= 0.3 is 0 Å². The minimum Gasteiger partial charge on any atom is -0.339 e. The number of carbonyl (C=O) groups is 1. The second kappa shape index (κ2) is 5.07. The zero-order chi connectivity index (χ0) is 11.5. The van der Waals surface area contributed by atoms with Gasteiger partial charge < -0.3 is 10.2 Å². The van der Waals surface area contributed by atoms with Crippen molar-refractivity contribution in [1.29, 1.82) is 0 Å². The van der Waals surface area contributed by atoms with Crippen LogP contribution >= 0.6 is 0 Å². The Kier molecular flexibility index (Phi) is 4.28. The van der Waals surface area contributed by atoms with Crippen molar-refractivity contribution in [3.05, 3.63) is 0 Å². The van der Waals surface area contributed by atoms with E-state index in [1.807, 2.05) is 20.8 Å². The minimum atomic E-state index is -1.08. The van der Waals surface area contributed by atoms with Gasteiger partial charge in [-0.05, 0) is 20.8 Å². The molecule has 1 saturated heterocycles. The maximum absolute atomic E-state index is 11.8. The van der Waals surface area contributed by atoms with Gasteiger partial charge in [0.05, 0.1) is 0 Å². The SMILES string of the molecule is CC(C)(C)S(=O)CC(=O)N1CCNCC1. The Hall–Kier alpha value is -0.420. The highest BCUT2D eigenvalue weighted by atomic mass is 32.2. The summed E-state index contributed by atoms with van der Waals surface area (Å²) in [5, 5.41) is 3.18. The van der Waals surface area contributed by atoms with E-state index >= 15 is 0 Å². The fourth-order valence-electron chi connectivity index (χ4n) is 1.33. The van der Waals surface area contributed by atoms with Gasteiger partial charge in [0.2, 0.25) is 5.91 Å². The molecule has 4 nitrogen and oxygen atoms in total. The summed E-state index contributed by atoms with van der Waals surface area (Å²) >= 11 is 0. The minimum absolute atomic E-state index is 0.0183. The highest BCUT2D eigenvalue weighted by molar-refractivity contribution is 7.87. The molecule has 0 radical (unpaired) electrons. The predicted molar refractivity (Wildman–Crippen MR) is 62.2 cm³/mol. The molecule has 1 N–H and O–H groups in total. The molecule has 1 aliphatic rings. The Bertz CT molecular complexity index is 255. The van der Waals surface area contributed by atoms with Crippen molar-refractivity contribution >= 4 is 16.7 Å². The molecule has 0 saturated carbocycles. The van der Waals surface area contributed by atoms with Crippen LogP contribution in [-0.4, -0.2) is 51.7 Å². The number of rotatable bonds is 2. The van der Waals surface area contributed by atoms with Crippen molar-refractivity contribution in [3.63, 3.8) is 0 Å². The molecule has 15 heavy (non-hydrogen) atoms. The van der Waals surface area contributed by atoms with Gasteiger partial charge in [-0.2, -0.15) is 0 Å². The standard InChI is InChI=1S/C10H20N2O2S/c1-10(2,3)15(14)8-9(13)12-6-4-11-5-7-12/h11H,4-8H2,1-3H3. The molecule has 0 aromatic heterocycles. The van der Waals surface area contributed by atoms with Crippen molar-refractivity contribution in [3.8, 4) is 0 Å². The molecule has 0 bridgehead atoms. The third-order valence-electron chi connectivity index (χ3n) is 2.41. The van der Waals surface area contributed by atoms with E-state index in [4.69, 9.17) is 0 Å². The molecule has 0 aromatic carbocycles. The highest BCUT2D eigenvalue weighted by Gasteiger charge is 2.25. The lowest BCUT2D eigenvalue weighted by atomic mass is 10.3. The summed E-state index contributed by atoms with van der Waals surface area (Å²) in [5.74, 6) is 0.175. The first-order valence-corrected chi connectivity index (χ1v) is 6.60. The van der Waals surface area contributed by atoms with Gasteiger partial charge in [0.15, 0.2) is 0 Å². The Balaban J connectivity index is 2.44. The fraction of sp³-hybridized carbons (Fsp3) is 0.900. The van der Waals surface area contributed by atoms with E-state index in [9.17, 15) is 9.00 Å². The van der Waals surface area contributed by atoms with E-state index in [0.717, 1.165) is 26.2 Å². The second-order valence-corrected chi connectivity index (χ2v) is 6.94. The molecule has 1 aliphatic heterocycles. The molecule has 1 fully saturated rings. The van der Waals surface area contributed by atoms with Crippen molar-refractivity contribution in [2.45, 2.75) is 25.5 Å². The van der Waals surface area contributed by atoms with E-state index < -0.39 is 10.8 Å². The molecule has 1 rings (SSSR count). The molecular weight excluding hydrogens is 212 g/mol. The largest absolute Gasteiger partial charge is 0.339 e. The van der Waals surface area contributed by atoms with Gasteiger partial charge in [0.1, 0.15) is 5.75 Å². The van der Waals surface area contributed by atoms with Crippen LogP contribution in [0, 0.1) is 0 Å². The lowest BCUT2D eigenvalue weighted by Gasteiger charge is -2.28. The molecule has 1 atom stereocenters. The molecule has 1 unspecified atom stereocenters. The van der Waals surface area contributed by atoms with Gasteiger partial charge in [-0.3, -0.25) is 9.00 Å². The first-order chi connectivity index (χ1) is 6.91. The van der Waals surface area contributed by atoms with Crippen LogP contribution in [0.25, 0.3) is 0 Å². The van der Waals surface area contributed by atoms with Crippen molar-refractivity contribution < 1.29 is 9.00 Å². The van der Waals surface area contributed by atoms with Gasteiger partial charge in [0.25, 0.3) is 0 Å². The monoisotopic (exact) mass is 232 g/mol. The number of nitrogens with one attached hydrogen (secondary N) is 1. The van der Waals surface area contributed by atoms with Crippen LogP contribution in [0.3, 0.4) is 0 Å². The summed E-state index contributed by atoms with van der Waals surface area (Å²) in [7, 11) is -1.08. The number of carbonyl (C=O) groups excluding carboxylic acids is 1. The fourth-order valence-corrected chi connectivity index (χ4v) is 2.17. The maximum Gasteiger partial charge on any atom is 0.235 e. The zero-order valence-electron chi connectivity index (χ0n) is 9.71. The smallest absolute Gasteiger partial charge is 0.235 e. The first kappa shape index (κ1) is 12.6.